The molecule has 0 aromatic carbocycles. The summed E-state index contributed by atoms with van der Waals surface area (Å²) < 4.78 is 34.8. The van der Waals surface area contributed by atoms with E-state index in [4.69, 9.17) is 18.5 Å². The van der Waals surface area contributed by atoms with Crippen molar-refractivity contribution < 1.29 is 37.3 Å². The van der Waals surface area contributed by atoms with Crippen LogP contribution in [-0.4, -0.2) is 70.7 Å². The van der Waals surface area contributed by atoms with E-state index in [0.717, 1.165) is 122 Å². The number of carbonyl (C=O) groups is 1. The normalized spacial score (nSPS) is 14.6. The number of unbranched alkanes of at least 4 members (excludes halogenated alkanes) is 11. The van der Waals surface area contributed by atoms with Crippen molar-refractivity contribution in [1.82, 2.24) is 0 Å². The summed E-state index contributed by atoms with van der Waals surface area (Å²) in [6.45, 7) is 5.08. The fraction of sp³-hybridized carbons (Fsp3) is 0.597. The van der Waals surface area contributed by atoms with Crippen LogP contribution in [0.5, 0.6) is 0 Å². The summed E-state index contributed by atoms with van der Waals surface area (Å²) in [5, 5.41) is 0. The summed E-state index contributed by atoms with van der Waals surface area (Å²) in [7, 11) is 1.30. The third-order valence-corrected chi connectivity index (χ3v) is 11.9. The van der Waals surface area contributed by atoms with E-state index in [2.05, 4.69) is 160 Å². The van der Waals surface area contributed by atoms with Crippen LogP contribution in [0.15, 0.2) is 146 Å². The summed E-state index contributed by atoms with van der Waals surface area (Å²) in [4.78, 5) is 25.2. The lowest BCUT2D eigenvalue weighted by Crippen LogP contribution is -2.37. The Morgan fingerprint density at radius 1 is 0.437 bits per heavy atom. The van der Waals surface area contributed by atoms with Crippen molar-refractivity contribution in [3.63, 3.8) is 0 Å². The third kappa shape index (κ3) is 57.2. The van der Waals surface area contributed by atoms with Gasteiger partial charge in [-0.05, 0) is 116 Å². The summed E-state index contributed by atoms with van der Waals surface area (Å²) >= 11 is 0. The van der Waals surface area contributed by atoms with Crippen LogP contribution in [0.1, 0.15) is 181 Å². The Balaban J connectivity index is 4.26. The maximum atomic E-state index is 12.8. The molecular formula is C62H102NO7P. The SMILES string of the molecule is CC/C=C\C/C=C\C/C=C\C/C=C\C/C=C\C/C=C\C/C=C\CCCCCC(=O)OC(COCCCCCCCCCC/C=C\C/C=C\C/C=C\C/C=C\C/C=C\CC)COP(=O)([O-])OCC[N+](C)(C)C. The van der Waals surface area contributed by atoms with Gasteiger partial charge < -0.3 is 27.9 Å². The van der Waals surface area contributed by atoms with Crippen molar-refractivity contribution >= 4 is 13.8 Å². The number of phosphoric acid groups is 1. The van der Waals surface area contributed by atoms with Gasteiger partial charge in [0, 0.05) is 13.0 Å². The zero-order chi connectivity index (χ0) is 51.9. The predicted molar refractivity (Wildman–Crippen MR) is 304 cm³/mol. The number of carbonyl (C=O) groups excluding carboxylic acids is 1. The number of allylic oxidation sites excluding steroid dienone is 24. The van der Waals surface area contributed by atoms with Gasteiger partial charge in [0.2, 0.25) is 0 Å². The highest BCUT2D eigenvalue weighted by Gasteiger charge is 2.20. The number of rotatable bonds is 49. The van der Waals surface area contributed by atoms with Crippen molar-refractivity contribution in [3.8, 4) is 0 Å². The molecule has 402 valence electrons. The van der Waals surface area contributed by atoms with Gasteiger partial charge in [-0.2, -0.15) is 0 Å². The Morgan fingerprint density at radius 2 is 0.775 bits per heavy atom. The molecule has 0 bridgehead atoms. The van der Waals surface area contributed by atoms with Gasteiger partial charge in [0.1, 0.15) is 19.3 Å². The molecule has 0 radical (unpaired) electrons. The van der Waals surface area contributed by atoms with E-state index in [9.17, 15) is 14.3 Å². The lowest BCUT2D eigenvalue weighted by Gasteiger charge is -2.28. The zero-order valence-corrected chi connectivity index (χ0v) is 46.5. The second-order valence-corrected chi connectivity index (χ2v) is 20.2. The fourth-order valence-electron chi connectivity index (χ4n) is 6.73. The smallest absolute Gasteiger partial charge is 0.306 e. The highest BCUT2D eigenvalue weighted by Crippen LogP contribution is 2.38. The number of ether oxygens (including phenoxy) is 2. The summed E-state index contributed by atoms with van der Waals surface area (Å²) in [6, 6.07) is 0. The van der Waals surface area contributed by atoms with Gasteiger partial charge in [-0.3, -0.25) is 9.36 Å². The van der Waals surface area contributed by atoms with Gasteiger partial charge in [-0.1, -0.05) is 205 Å². The minimum absolute atomic E-state index is 0.00797. The molecular weight excluding hydrogens is 902 g/mol. The van der Waals surface area contributed by atoms with Crippen LogP contribution >= 0.6 is 7.82 Å². The third-order valence-electron chi connectivity index (χ3n) is 10.9. The number of nitrogens with zero attached hydrogens (tertiary/aromatic N) is 1. The maximum Gasteiger partial charge on any atom is 0.306 e. The second kappa shape index (κ2) is 52.7. The first kappa shape index (κ1) is 67.4. The van der Waals surface area contributed by atoms with Crippen molar-refractivity contribution in [2.75, 3.05) is 54.1 Å². The van der Waals surface area contributed by atoms with Gasteiger partial charge in [0.15, 0.2) is 0 Å². The van der Waals surface area contributed by atoms with Gasteiger partial charge in [0.05, 0.1) is 34.4 Å². The molecule has 0 aliphatic carbocycles. The minimum atomic E-state index is -4.56. The number of hydrogen-bond donors (Lipinski definition) is 0. The van der Waals surface area contributed by atoms with E-state index in [0.29, 0.717) is 24.1 Å². The van der Waals surface area contributed by atoms with E-state index >= 15 is 0 Å². The van der Waals surface area contributed by atoms with Crippen molar-refractivity contribution in [1.29, 1.82) is 0 Å². The Bertz CT molecular complexity index is 1640. The van der Waals surface area contributed by atoms with E-state index in [1.54, 1.807) is 0 Å². The van der Waals surface area contributed by atoms with Gasteiger partial charge >= 0.3 is 5.97 Å². The van der Waals surface area contributed by atoms with Crippen molar-refractivity contribution in [3.05, 3.63) is 146 Å². The molecule has 0 saturated carbocycles. The molecule has 0 amide bonds. The average Bonchev–Trinajstić information content (AvgIpc) is 3.33. The van der Waals surface area contributed by atoms with Crippen molar-refractivity contribution in [2.45, 2.75) is 187 Å². The molecule has 0 N–H and O–H groups in total. The molecule has 0 aliphatic rings. The van der Waals surface area contributed by atoms with E-state index in [-0.39, 0.29) is 32.2 Å². The van der Waals surface area contributed by atoms with Crippen molar-refractivity contribution in [2.24, 2.45) is 0 Å². The average molecular weight is 1000 g/mol. The number of likely N-dealkylation sites (N-methyl/N-ethyl adjacent to an activating group) is 1. The minimum Gasteiger partial charge on any atom is -0.756 e. The number of hydrogen-bond acceptors (Lipinski definition) is 7. The van der Waals surface area contributed by atoms with E-state index in [1.807, 2.05) is 21.1 Å². The van der Waals surface area contributed by atoms with Crippen LogP contribution in [0.25, 0.3) is 0 Å². The summed E-state index contributed by atoms with van der Waals surface area (Å²) in [5.41, 5.74) is 0. The first-order valence-electron chi connectivity index (χ1n) is 27.6. The van der Waals surface area contributed by atoms with E-state index in [1.165, 1.54) is 32.1 Å². The van der Waals surface area contributed by atoms with Gasteiger partial charge in [-0.15, -0.1) is 0 Å². The largest absolute Gasteiger partial charge is 0.756 e. The lowest BCUT2D eigenvalue weighted by atomic mass is 10.1. The topological polar surface area (TPSA) is 94.1 Å². The quantitative estimate of drug-likeness (QED) is 0.0197. The molecule has 8 nitrogen and oxygen atoms in total. The molecule has 71 heavy (non-hydrogen) atoms. The molecule has 2 unspecified atom stereocenters. The second-order valence-electron chi connectivity index (χ2n) is 18.8. The van der Waals surface area contributed by atoms with Crippen LogP contribution in [0.3, 0.4) is 0 Å². The maximum absolute atomic E-state index is 12.8. The van der Waals surface area contributed by atoms with Gasteiger partial charge in [0.25, 0.3) is 7.82 Å². The highest BCUT2D eigenvalue weighted by molar-refractivity contribution is 7.45. The monoisotopic (exact) mass is 1000 g/mol. The van der Waals surface area contributed by atoms with Gasteiger partial charge in [-0.25, -0.2) is 0 Å². The summed E-state index contributed by atoms with van der Waals surface area (Å²) in [6.07, 6.45) is 78.8. The number of phosphoric ester groups is 1. The first-order chi connectivity index (χ1) is 34.6. The van der Waals surface area contributed by atoms with E-state index < -0.39 is 13.9 Å². The lowest BCUT2D eigenvalue weighted by molar-refractivity contribution is -0.870. The molecule has 2 atom stereocenters. The molecule has 0 spiro atoms. The molecule has 0 rings (SSSR count). The highest BCUT2D eigenvalue weighted by atomic mass is 31.2. The van der Waals surface area contributed by atoms with Crippen LogP contribution < -0.4 is 4.89 Å². The molecule has 9 heteroatoms. The first-order valence-corrected chi connectivity index (χ1v) is 29.0. The molecule has 0 aromatic rings. The molecule has 0 saturated heterocycles. The Labute approximate surface area is 436 Å². The molecule has 0 aliphatic heterocycles. The van der Waals surface area contributed by atoms with Crippen LogP contribution in [0.4, 0.5) is 0 Å². The van der Waals surface area contributed by atoms with Crippen LogP contribution in [0.2, 0.25) is 0 Å². The standard InChI is InChI=1S/C62H102NO7P/c1-6-8-10-12-14-16-18-20-22-24-26-28-30-32-33-35-37-39-41-43-45-47-49-51-53-55-62(64)70-61(60-69-71(65,66)68-58-56-63(3,4)5)59-67-57-54-52-50-48-46-44-42-40-38-36-34-31-29-27-25-23-21-19-17-15-13-11-9-7-2/h8-11,14-17,20-23,26-29,32-34,36-37,39,43,45,61H,6-7,12-13,18-19,24-25,30-31,35,38,40-42,44,46-60H2,1-5H3/b10-8-,11-9-,16-14-,17-15-,22-20-,23-21-,28-26-,29-27-,33-32-,36-34-,39-37-,45-43-. The Hall–Kier alpha value is -3.62. The molecule has 0 heterocycles. The molecule has 0 aromatic heterocycles. The Kier molecular flexibility index (Phi) is 50.0. The number of esters is 1. The summed E-state index contributed by atoms with van der Waals surface area (Å²) in [5.74, 6) is -0.375. The van der Waals surface area contributed by atoms with Crippen LogP contribution in [0, 0.1) is 0 Å². The zero-order valence-electron chi connectivity index (χ0n) is 45.6. The molecule has 0 fully saturated rings. The number of quaternary nitrogens is 1. The van der Waals surface area contributed by atoms with Crippen LogP contribution in [-0.2, 0) is 27.9 Å². The Morgan fingerprint density at radius 3 is 1.15 bits per heavy atom. The predicted octanol–water partition coefficient (Wildman–Crippen LogP) is 17.0. The fourth-order valence-corrected chi connectivity index (χ4v) is 7.46.